The summed E-state index contributed by atoms with van der Waals surface area (Å²) in [5.41, 5.74) is 3.44. The Labute approximate surface area is 107 Å². The molecule has 0 aliphatic heterocycles. The molecule has 0 aromatic carbocycles. The van der Waals surface area contributed by atoms with Crippen molar-refractivity contribution in [2.75, 3.05) is 6.61 Å². The van der Waals surface area contributed by atoms with Crippen molar-refractivity contribution in [3.8, 4) is 11.5 Å². The fraction of sp³-hybridized carbons (Fsp3) is 0.786. The smallest absolute Gasteiger partial charge is 0.305 e. The monoisotopic (exact) mass is 254 g/mol. The first-order valence-corrected chi connectivity index (χ1v) is 9.36. The molecule has 0 bridgehead atoms. The minimum absolute atomic E-state index is 0.110. The molecule has 0 spiro atoms. The lowest BCUT2D eigenvalue weighted by atomic mass is 10.2. The first-order valence-electron chi connectivity index (χ1n) is 6.36. The lowest BCUT2D eigenvalue weighted by Gasteiger charge is -2.31. The van der Waals surface area contributed by atoms with Crippen LogP contribution in [0.3, 0.4) is 0 Å². The summed E-state index contributed by atoms with van der Waals surface area (Å²) in [4.78, 5) is 11.1. The molecule has 0 radical (unpaired) electrons. The minimum Gasteiger partial charge on any atom is -0.466 e. The molecule has 2 nitrogen and oxygen atoms in total. The number of esters is 1. The molecule has 0 saturated carbocycles. The summed E-state index contributed by atoms with van der Waals surface area (Å²) in [6.45, 7) is 13.7. The molecule has 0 aliphatic carbocycles. The highest BCUT2D eigenvalue weighted by Gasteiger charge is 2.33. The number of ether oxygens (including phenoxy) is 1. The molecule has 0 aromatic heterocycles. The van der Waals surface area contributed by atoms with Crippen molar-refractivity contribution < 1.29 is 9.53 Å². The van der Waals surface area contributed by atoms with Gasteiger partial charge < -0.3 is 4.74 Å². The normalized spacial score (nSPS) is 11.6. The standard InChI is InChI=1S/C14H26O2Si/c1-7-16-13(15)11-9-8-10-12-17(5,6)14(2,3)4/h7-9,11H2,1-6H3. The summed E-state index contributed by atoms with van der Waals surface area (Å²) in [7, 11) is -1.47. The van der Waals surface area contributed by atoms with Crippen LogP contribution in [0, 0.1) is 11.5 Å². The molecule has 0 rings (SSSR count). The molecule has 0 aliphatic rings. The van der Waals surface area contributed by atoms with Crippen LogP contribution >= 0.6 is 0 Å². The topological polar surface area (TPSA) is 26.3 Å². The summed E-state index contributed by atoms with van der Waals surface area (Å²) in [6.07, 6.45) is 2.09. The predicted octanol–water partition coefficient (Wildman–Crippen LogP) is 3.77. The summed E-state index contributed by atoms with van der Waals surface area (Å²) >= 11 is 0. The lowest BCUT2D eigenvalue weighted by molar-refractivity contribution is -0.143. The van der Waals surface area contributed by atoms with E-state index >= 15 is 0 Å². The van der Waals surface area contributed by atoms with Gasteiger partial charge in [0.25, 0.3) is 0 Å². The minimum atomic E-state index is -1.47. The van der Waals surface area contributed by atoms with E-state index in [-0.39, 0.29) is 5.97 Å². The van der Waals surface area contributed by atoms with Gasteiger partial charge >= 0.3 is 5.97 Å². The molecule has 3 heteroatoms. The first kappa shape index (κ1) is 16.2. The number of unbranched alkanes of at least 4 members (excludes halogenated alkanes) is 1. The third kappa shape index (κ3) is 6.53. The highest BCUT2D eigenvalue weighted by Crippen LogP contribution is 2.35. The predicted molar refractivity (Wildman–Crippen MR) is 75.5 cm³/mol. The molecule has 0 unspecified atom stereocenters. The number of hydrogen-bond acceptors (Lipinski definition) is 2. The number of rotatable bonds is 4. The maximum absolute atomic E-state index is 11.1. The highest BCUT2D eigenvalue weighted by atomic mass is 28.3. The number of carbonyl (C=O) groups is 1. The van der Waals surface area contributed by atoms with Gasteiger partial charge in [0.05, 0.1) is 6.61 Å². The van der Waals surface area contributed by atoms with E-state index in [0.29, 0.717) is 18.1 Å². The molecule has 0 amide bonds. The van der Waals surface area contributed by atoms with Crippen molar-refractivity contribution in [2.24, 2.45) is 0 Å². The van der Waals surface area contributed by atoms with Crippen molar-refractivity contribution in [1.82, 2.24) is 0 Å². The second-order valence-electron chi connectivity index (χ2n) is 5.84. The highest BCUT2D eigenvalue weighted by molar-refractivity contribution is 6.87. The fourth-order valence-corrected chi connectivity index (χ4v) is 1.97. The van der Waals surface area contributed by atoms with E-state index in [0.717, 1.165) is 12.8 Å². The van der Waals surface area contributed by atoms with Crippen LogP contribution < -0.4 is 0 Å². The van der Waals surface area contributed by atoms with Crippen molar-refractivity contribution in [2.45, 2.75) is 65.1 Å². The van der Waals surface area contributed by atoms with Gasteiger partial charge in [0, 0.05) is 12.8 Å². The average Bonchev–Trinajstić information content (AvgIpc) is 2.15. The first-order chi connectivity index (χ1) is 7.70. The van der Waals surface area contributed by atoms with E-state index in [2.05, 4.69) is 45.3 Å². The zero-order valence-electron chi connectivity index (χ0n) is 12.1. The number of hydrogen-bond donors (Lipinski definition) is 0. The summed E-state index contributed by atoms with van der Waals surface area (Å²) < 4.78 is 4.87. The summed E-state index contributed by atoms with van der Waals surface area (Å²) in [5, 5.41) is 0.307. The van der Waals surface area contributed by atoms with Crippen LogP contribution in [0.2, 0.25) is 18.1 Å². The molecule has 98 valence electrons. The van der Waals surface area contributed by atoms with E-state index in [4.69, 9.17) is 4.74 Å². The van der Waals surface area contributed by atoms with Gasteiger partial charge in [-0.25, -0.2) is 0 Å². The fourth-order valence-electron chi connectivity index (χ4n) is 1.03. The Morgan fingerprint density at radius 1 is 1.29 bits per heavy atom. The number of carbonyl (C=O) groups excluding carboxylic acids is 1. The zero-order valence-corrected chi connectivity index (χ0v) is 13.1. The maximum Gasteiger partial charge on any atom is 0.305 e. The maximum atomic E-state index is 11.1. The van der Waals surface area contributed by atoms with Gasteiger partial charge in [-0.05, 0) is 18.4 Å². The Balaban J connectivity index is 4.02. The van der Waals surface area contributed by atoms with Gasteiger partial charge in [-0.1, -0.05) is 33.9 Å². The molecule has 0 fully saturated rings. The van der Waals surface area contributed by atoms with Gasteiger partial charge in [-0.2, -0.15) is 0 Å². The Morgan fingerprint density at radius 3 is 2.35 bits per heavy atom. The quantitative estimate of drug-likeness (QED) is 0.330. The van der Waals surface area contributed by atoms with E-state index in [1.54, 1.807) is 0 Å². The van der Waals surface area contributed by atoms with Crippen LogP contribution in [0.25, 0.3) is 0 Å². The zero-order chi connectivity index (χ0) is 13.5. The Bertz CT molecular complexity index is 302. The molecule has 0 aromatic rings. The third-order valence-corrected chi connectivity index (χ3v) is 7.82. The molecule has 0 heterocycles. The van der Waals surface area contributed by atoms with Crippen LogP contribution in [-0.2, 0) is 9.53 Å². The van der Waals surface area contributed by atoms with Crippen LogP contribution in [-0.4, -0.2) is 20.7 Å². The molecule has 17 heavy (non-hydrogen) atoms. The Kier molecular flexibility index (Phi) is 6.55. The molecular weight excluding hydrogens is 228 g/mol. The van der Waals surface area contributed by atoms with Gasteiger partial charge in [-0.15, -0.1) is 11.5 Å². The van der Waals surface area contributed by atoms with Gasteiger partial charge in [-0.3, -0.25) is 4.79 Å². The van der Waals surface area contributed by atoms with Crippen LogP contribution in [0.1, 0.15) is 47.0 Å². The van der Waals surface area contributed by atoms with E-state index in [1.165, 1.54) is 0 Å². The Hall–Kier alpha value is -0.753. The molecule has 0 saturated heterocycles. The second-order valence-corrected chi connectivity index (χ2v) is 10.8. The van der Waals surface area contributed by atoms with Crippen LogP contribution in [0.4, 0.5) is 0 Å². The SMILES string of the molecule is CCOC(=O)CCCC#C[Si](C)(C)C(C)(C)C. The van der Waals surface area contributed by atoms with Gasteiger partial charge in [0.15, 0.2) is 0 Å². The van der Waals surface area contributed by atoms with Gasteiger partial charge in [0.1, 0.15) is 8.07 Å². The Morgan fingerprint density at radius 2 is 1.88 bits per heavy atom. The molecule has 0 atom stereocenters. The average molecular weight is 254 g/mol. The van der Waals surface area contributed by atoms with E-state index in [1.807, 2.05) is 6.92 Å². The van der Waals surface area contributed by atoms with E-state index < -0.39 is 8.07 Å². The van der Waals surface area contributed by atoms with Gasteiger partial charge in [0.2, 0.25) is 0 Å². The lowest BCUT2D eigenvalue weighted by Crippen LogP contribution is -2.35. The van der Waals surface area contributed by atoms with Crippen LogP contribution in [0.15, 0.2) is 0 Å². The van der Waals surface area contributed by atoms with Crippen molar-refractivity contribution in [3.05, 3.63) is 0 Å². The molecular formula is C14H26O2Si. The third-order valence-electron chi connectivity index (χ3n) is 3.26. The summed E-state index contributed by atoms with van der Waals surface area (Å²) in [5.74, 6) is 3.12. The van der Waals surface area contributed by atoms with Crippen LogP contribution in [0.5, 0.6) is 0 Å². The van der Waals surface area contributed by atoms with Crippen molar-refractivity contribution in [1.29, 1.82) is 0 Å². The molecule has 0 N–H and O–H groups in total. The second kappa shape index (κ2) is 6.86. The largest absolute Gasteiger partial charge is 0.466 e. The van der Waals surface area contributed by atoms with Crippen molar-refractivity contribution >= 4 is 14.0 Å². The van der Waals surface area contributed by atoms with Crippen molar-refractivity contribution in [3.63, 3.8) is 0 Å². The summed E-state index contributed by atoms with van der Waals surface area (Å²) in [6, 6.07) is 0. The van der Waals surface area contributed by atoms with E-state index in [9.17, 15) is 4.79 Å².